The highest BCUT2D eigenvalue weighted by Crippen LogP contribution is 2.41. The second-order valence-corrected chi connectivity index (χ2v) is 6.43. The summed E-state index contributed by atoms with van der Waals surface area (Å²) in [5.74, 6) is -0.599. The Bertz CT molecular complexity index is 746. The molecule has 126 valence electrons. The summed E-state index contributed by atoms with van der Waals surface area (Å²) < 4.78 is 4.98. The van der Waals surface area contributed by atoms with Gasteiger partial charge in [0, 0.05) is 5.02 Å². The molecule has 0 aliphatic heterocycles. The highest BCUT2D eigenvalue weighted by atomic mass is 35.5. The van der Waals surface area contributed by atoms with Crippen LogP contribution in [0.15, 0.2) is 28.8 Å². The molecule has 1 heterocycles. The molecule has 24 heavy (non-hydrogen) atoms. The lowest BCUT2D eigenvalue weighted by molar-refractivity contribution is -0.136. The smallest absolute Gasteiger partial charge is 0.313 e. The maximum absolute atomic E-state index is 12.3. The monoisotopic (exact) mass is 347 g/mol. The average Bonchev–Trinajstić information content (AvgIpc) is 3.35. The molecule has 2 amide bonds. The first-order valence-corrected chi connectivity index (χ1v) is 8.13. The first-order valence-electron chi connectivity index (χ1n) is 7.76. The van der Waals surface area contributed by atoms with Crippen molar-refractivity contribution in [1.29, 1.82) is 0 Å². The van der Waals surface area contributed by atoms with Gasteiger partial charge < -0.3 is 15.2 Å². The first kappa shape index (κ1) is 16.5. The molecule has 1 atom stereocenters. The summed E-state index contributed by atoms with van der Waals surface area (Å²) in [4.78, 5) is 24.4. The molecule has 0 radical (unpaired) electrons. The second-order valence-electron chi connectivity index (χ2n) is 5.99. The summed E-state index contributed by atoms with van der Waals surface area (Å²) in [6, 6.07) is 7.12. The van der Waals surface area contributed by atoms with E-state index >= 15 is 0 Å². The Kier molecular flexibility index (Phi) is 4.57. The Balaban J connectivity index is 1.69. The molecule has 2 N–H and O–H groups in total. The molecule has 1 aromatic carbocycles. The van der Waals surface area contributed by atoms with Gasteiger partial charge in [0.2, 0.25) is 0 Å². The van der Waals surface area contributed by atoms with Crippen molar-refractivity contribution in [3.05, 3.63) is 46.3 Å². The zero-order valence-corrected chi connectivity index (χ0v) is 14.2. The van der Waals surface area contributed by atoms with Crippen LogP contribution in [0.1, 0.15) is 35.9 Å². The minimum Gasteiger partial charge on any atom is -0.359 e. The summed E-state index contributed by atoms with van der Waals surface area (Å²) in [7, 11) is 0. The number of halogens is 1. The number of benzene rings is 1. The second kappa shape index (κ2) is 6.65. The molecule has 1 aliphatic carbocycles. The van der Waals surface area contributed by atoms with Crippen molar-refractivity contribution >= 4 is 29.1 Å². The minimum atomic E-state index is -0.732. The van der Waals surface area contributed by atoms with Gasteiger partial charge in [-0.05, 0) is 50.3 Å². The number of nitrogens with one attached hydrogen (secondary N) is 2. The van der Waals surface area contributed by atoms with Crippen LogP contribution in [0.25, 0.3) is 0 Å². The van der Waals surface area contributed by atoms with Crippen LogP contribution in [-0.2, 0) is 9.59 Å². The third-order valence-corrected chi connectivity index (χ3v) is 4.34. The van der Waals surface area contributed by atoms with Crippen LogP contribution in [-0.4, -0.2) is 17.0 Å². The minimum absolute atomic E-state index is 0.190. The summed E-state index contributed by atoms with van der Waals surface area (Å²) in [5, 5.41) is 9.76. The zero-order valence-electron chi connectivity index (χ0n) is 13.4. The van der Waals surface area contributed by atoms with Crippen molar-refractivity contribution in [2.24, 2.45) is 5.92 Å². The van der Waals surface area contributed by atoms with Crippen molar-refractivity contribution < 1.29 is 14.1 Å². The first-order chi connectivity index (χ1) is 11.5. The molecule has 0 saturated heterocycles. The molecule has 6 nitrogen and oxygen atoms in total. The molecule has 1 saturated carbocycles. The van der Waals surface area contributed by atoms with Crippen molar-refractivity contribution in [2.75, 3.05) is 5.32 Å². The molecule has 1 aliphatic rings. The third-order valence-electron chi connectivity index (χ3n) is 4.09. The highest BCUT2D eigenvalue weighted by Gasteiger charge is 2.34. The van der Waals surface area contributed by atoms with Crippen LogP contribution in [0, 0.1) is 19.8 Å². The molecule has 1 unspecified atom stereocenters. The Morgan fingerprint density at radius 3 is 2.42 bits per heavy atom. The number of anilines is 1. The number of hydrogen-bond acceptors (Lipinski definition) is 4. The van der Waals surface area contributed by atoms with Gasteiger partial charge in [0.15, 0.2) is 5.76 Å². The number of hydrogen-bond donors (Lipinski definition) is 2. The Hall–Kier alpha value is -2.34. The van der Waals surface area contributed by atoms with E-state index in [2.05, 4.69) is 15.8 Å². The van der Waals surface area contributed by atoms with Gasteiger partial charge in [-0.3, -0.25) is 9.59 Å². The third kappa shape index (κ3) is 3.59. The number of rotatable bonds is 4. The molecular weight excluding hydrogens is 330 g/mol. The number of carbonyl (C=O) groups is 2. The van der Waals surface area contributed by atoms with E-state index in [1.807, 2.05) is 12.1 Å². The molecule has 2 aromatic rings. The van der Waals surface area contributed by atoms with E-state index in [4.69, 9.17) is 16.1 Å². The Labute approximate surface area is 144 Å². The number of aromatic nitrogens is 1. The maximum atomic E-state index is 12.3. The largest absolute Gasteiger partial charge is 0.359 e. The van der Waals surface area contributed by atoms with Gasteiger partial charge in [0.05, 0.1) is 6.04 Å². The summed E-state index contributed by atoms with van der Waals surface area (Å²) in [6.07, 6.45) is 2.05. The number of nitrogens with zero attached hydrogens (tertiary/aromatic N) is 1. The average molecular weight is 348 g/mol. The van der Waals surface area contributed by atoms with E-state index in [-0.39, 0.29) is 6.04 Å². The van der Waals surface area contributed by atoms with E-state index in [1.165, 1.54) is 0 Å². The number of carbonyl (C=O) groups excluding carboxylic acids is 2. The SMILES string of the molecule is Cc1noc(C)c1NC(=O)C(=O)NC(c1ccc(Cl)cc1)C1CC1. The summed E-state index contributed by atoms with van der Waals surface area (Å²) in [5.41, 5.74) is 1.91. The van der Waals surface area contributed by atoms with E-state index in [1.54, 1.807) is 26.0 Å². The van der Waals surface area contributed by atoms with E-state index in [0.717, 1.165) is 18.4 Å². The highest BCUT2D eigenvalue weighted by molar-refractivity contribution is 6.39. The van der Waals surface area contributed by atoms with Crippen LogP contribution in [0.4, 0.5) is 5.69 Å². The number of aryl methyl sites for hydroxylation is 2. The molecule has 0 bridgehead atoms. The summed E-state index contributed by atoms with van der Waals surface area (Å²) in [6.45, 7) is 3.37. The van der Waals surface area contributed by atoms with Crippen LogP contribution in [0.5, 0.6) is 0 Å². The maximum Gasteiger partial charge on any atom is 0.313 e. The van der Waals surface area contributed by atoms with Gasteiger partial charge in [-0.25, -0.2) is 0 Å². The van der Waals surface area contributed by atoms with Crippen molar-refractivity contribution in [1.82, 2.24) is 10.5 Å². The van der Waals surface area contributed by atoms with Gasteiger partial charge in [-0.1, -0.05) is 28.9 Å². The molecule has 7 heteroatoms. The van der Waals surface area contributed by atoms with Crippen LogP contribution < -0.4 is 10.6 Å². The fraction of sp³-hybridized carbons (Fsp3) is 0.353. The molecule has 3 rings (SSSR count). The van der Waals surface area contributed by atoms with Gasteiger partial charge in [-0.2, -0.15) is 0 Å². The van der Waals surface area contributed by atoms with Crippen molar-refractivity contribution in [2.45, 2.75) is 32.7 Å². The number of amides is 2. The van der Waals surface area contributed by atoms with Gasteiger partial charge in [0.25, 0.3) is 0 Å². The Morgan fingerprint density at radius 1 is 1.21 bits per heavy atom. The summed E-state index contributed by atoms with van der Waals surface area (Å²) >= 11 is 5.91. The van der Waals surface area contributed by atoms with E-state index < -0.39 is 11.8 Å². The standard InChI is InChI=1S/C17H18ClN3O3/c1-9-14(10(2)24-21-9)19-16(22)17(23)20-15(11-3-4-11)12-5-7-13(18)8-6-12/h5-8,11,15H,3-4H2,1-2H3,(H,19,22)(H,20,23). The van der Waals surface area contributed by atoms with E-state index in [0.29, 0.717) is 28.1 Å². The lowest BCUT2D eigenvalue weighted by Gasteiger charge is -2.18. The lowest BCUT2D eigenvalue weighted by atomic mass is 10.0. The van der Waals surface area contributed by atoms with Gasteiger partial charge in [-0.15, -0.1) is 0 Å². The quantitative estimate of drug-likeness (QED) is 0.832. The van der Waals surface area contributed by atoms with Gasteiger partial charge >= 0.3 is 11.8 Å². The lowest BCUT2D eigenvalue weighted by Crippen LogP contribution is -2.38. The van der Waals surface area contributed by atoms with Gasteiger partial charge in [0.1, 0.15) is 11.4 Å². The molecule has 1 aromatic heterocycles. The van der Waals surface area contributed by atoms with Crippen molar-refractivity contribution in [3.63, 3.8) is 0 Å². The Morgan fingerprint density at radius 2 is 1.88 bits per heavy atom. The zero-order chi connectivity index (χ0) is 17.3. The van der Waals surface area contributed by atoms with Crippen molar-refractivity contribution in [3.8, 4) is 0 Å². The molecule has 1 fully saturated rings. The fourth-order valence-electron chi connectivity index (χ4n) is 2.61. The molecular formula is C17H18ClN3O3. The predicted octanol–water partition coefficient (Wildman–Crippen LogP) is 3.15. The normalized spacial score (nSPS) is 15.0. The molecule has 0 spiro atoms. The van der Waals surface area contributed by atoms with Crippen LogP contribution in [0.2, 0.25) is 5.02 Å². The van der Waals surface area contributed by atoms with Crippen LogP contribution in [0.3, 0.4) is 0 Å². The predicted molar refractivity (Wildman–Crippen MR) is 89.7 cm³/mol. The topological polar surface area (TPSA) is 84.2 Å². The van der Waals surface area contributed by atoms with E-state index in [9.17, 15) is 9.59 Å². The fourth-order valence-corrected chi connectivity index (χ4v) is 2.74. The van der Waals surface area contributed by atoms with Crippen LogP contribution >= 0.6 is 11.6 Å².